The SMILES string of the molecule is CSCC[C@H](N)C(=O)NCCCCc1ccc([N+](=O)[O-])cc1.Cl. The van der Waals surface area contributed by atoms with E-state index in [1.807, 2.05) is 6.26 Å². The van der Waals surface area contributed by atoms with Crippen molar-refractivity contribution in [1.29, 1.82) is 0 Å². The number of nitro benzene ring substituents is 1. The van der Waals surface area contributed by atoms with Gasteiger partial charge in [-0.05, 0) is 43.3 Å². The maximum absolute atomic E-state index is 11.7. The number of amides is 1. The lowest BCUT2D eigenvalue weighted by atomic mass is 10.1. The Labute approximate surface area is 147 Å². The topological polar surface area (TPSA) is 98.3 Å². The van der Waals surface area contributed by atoms with E-state index in [2.05, 4.69) is 5.32 Å². The molecule has 0 heterocycles. The standard InChI is InChI=1S/C15H23N3O3S.ClH/c1-22-11-9-14(16)15(19)17-10-3-2-4-12-5-7-13(8-6-12)18(20)21;/h5-8,14H,2-4,9-11,16H2,1H3,(H,17,19);1H/t14-;/m0./s1. The van der Waals surface area contributed by atoms with Crippen LogP contribution < -0.4 is 11.1 Å². The van der Waals surface area contributed by atoms with Gasteiger partial charge in [0.2, 0.25) is 5.91 Å². The van der Waals surface area contributed by atoms with Crippen molar-refractivity contribution in [2.24, 2.45) is 5.73 Å². The number of nitrogens with zero attached hydrogens (tertiary/aromatic N) is 1. The van der Waals surface area contributed by atoms with E-state index in [9.17, 15) is 14.9 Å². The van der Waals surface area contributed by atoms with Gasteiger partial charge in [0.1, 0.15) is 0 Å². The molecule has 0 radical (unpaired) electrons. The molecule has 23 heavy (non-hydrogen) atoms. The molecule has 0 aliphatic heterocycles. The molecular weight excluding hydrogens is 338 g/mol. The zero-order valence-electron chi connectivity index (χ0n) is 13.2. The molecule has 0 spiro atoms. The monoisotopic (exact) mass is 361 g/mol. The Balaban J connectivity index is 0.00000484. The summed E-state index contributed by atoms with van der Waals surface area (Å²) >= 11 is 1.68. The van der Waals surface area contributed by atoms with Gasteiger partial charge in [0.05, 0.1) is 11.0 Å². The van der Waals surface area contributed by atoms with Gasteiger partial charge in [-0.15, -0.1) is 12.4 Å². The van der Waals surface area contributed by atoms with Crippen molar-refractivity contribution in [2.45, 2.75) is 31.7 Å². The highest BCUT2D eigenvalue weighted by molar-refractivity contribution is 7.98. The predicted octanol–water partition coefficient (Wildman–Crippen LogP) is 2.54. The molecule has 1 aromatic carbocycles. The van der Waals surface area contributed by atoms with Gasteiger partial charge in [0.25, 0.3) is 5.69 Å². The van der Waals surface area contributed by atoms with Crippen molar-refractivity contribution in [3.05, 3.63) is 39.9 Å². The summed E-state index contributed by atoms with van der Waals surface area (Å²) < 4.78 is 0. The quantitative estimate of drug-likeness (QED) is 0.379. The fourth-order valence-electron chi connectivity index (χ4n) is 1.96. The summed E-state index contributed by atoms with van der Waals surface area (Å²) in [6.45, 7) is 0.610. The maximum Gasteiger partial charge on any atom is 0.269 e. The van der Waals surface area contributed by atoms with Gasteiger partial charge in [-0.3, -0.25) is 14.9 Å². The number of hydrogen-bond acceptors (Lipinski definition) is 5. The van der Waals surface area contributed by atoms with E-state index in [0.29, 0.717) is 13.0 Å². The van der Waals surface area contributed by atoms with Gasteiger partial charge in [-0.25, -0.2) is 0 Å². The van der Waals surface area contributed by atoms with E-state index in [-0.39, 0.29) is 24.0 Å². The third kappa shape index (κ3) is 8.78. The Bertz CT molecular complexity index is 485. The molecule has 1 aromatic rings. The summed E-state index contributed by atoms with van der Waals surface area (Å²) in [5, 5.41) is 13.4. The molecule has 6 nitrogen and oxygen atoms in total. The first-order valence-electron chi connectivity index (χ1n) is 7.30. The number of hydrogen-bond donors (Lipinski definition) is 2. The molecule has 0 aliphatic carbocycles. The number of non-ortho nitro benzene ring substituents is 1. The Morgan fingerprint density at radius 1 is 1.35 bits per heavy atom. The lowest BCUT2D eigenvalue weighted by molar-refractivity contribution is -0.384. The van der Waals surface area contributed by atoms with Crippen LogP contribution in [0.3, 0.4) is 0 Å². The van der Waals surface area contributed by atoms with Gasteiger partial charge < -0.3 is 11.1 Å². The van der Waals surface area contributed by atoms with Crippen LogP contribution in [0.4, 0.5) is 5.69 Å². The van der Waals surface area contributed by atoms with E-state index >= 15 is 0 Å². The van der Waals surface area contributed by atoms with Gasteiger partial charge >= 0.3 is 0 Å². The van der Waals surface area contributed by atoms with Gasteiger partial charge in [-0.1, -0.05) is 12.1 Å². The van der Waals surface area contributed by atoms with Crippen molar-refractivity contribution in [1.82, 2.24) is 5.32 Å². The predicted molar refractivity (Wildman–Crippen MR) is 97.3 cm³/mol. The second-order valence-corrected chi connectivity index (χ2v) is 6.05. The van der Waals surface area contributed by atoms with Crippen LogP contribution in [0.25, 0.3) is 0 Å². The Morgan fingerprint density at radius 3 is 2.57 bits per heavy atom. The summed E-state index contributed by atoms with van der Waals surface area (Å²) in [4.78, 5) is 21.8. The molecule has 0 saturated heterocycles. The number of rotatable bonds is 10. The van der Waals surface area contributed by atoms with E-state index in [0.717, 1.165) is 30.6 Å². The third-order valence-corrected chi connectivity index (χ3v) is 3.95. The fraction of sp³-hybridized carbons (Fsp3) is 0.533. The molecule has 3 N–H and O–H groups in total. The van der Waals surface area contributed by atoms with E-state index in [4.69, 9.17) is 5.73 Å². The number of nitrogens with two attached hydrogens (primary N) is 1. The van der Waals surface area contributed by atoms with E-state index in [1.165, 1.54) is 12.1 Å². The molecule has 1 atom stereocenters. The summed E-state index contributed by atoms with van der Waals surface area (Å²) in [6.07, 6.45) is 5.29. The first-order valence-corrected chi connectivity index (χ1v) is 8.69. The third-order valence-electron chi connectivity index (χ3n) is 3.31. The smallest absolute Gasteiger partial charge is 0.269 e. The molecule has 1 rings (SSSR count). The van der Waals surface area contributed by atoms with Gasteiger partial charge in [-0.2, -0.15) is 11.8 Å². The van der Waals surface area contributed by atoms with Crippen LogP contribution in [0.5, 0.6) is 0 Å². The highest BCUT2D eigenvalue weighted by Gasteiger charge is 2.11. The van der Waals surface area contributed by atoms with E-state index < -0.39 is 11.0 Å². The lowest BCUT2D eigenvalue weighted by Gasteiger charge is -2.11. The number of aryl methyl sites for hydroxylation is 1. The molecule has 0 bridgehead atoms. The van der Waals surface area contributed by atoms with Gasteiger partial charge in [0, 0.05) is 18.7 Å². The second-order valence-electron chi connectivity index (χ2n) is 5.06. The van der Waals surface area contributed by atoms with Crippen molar-refractivity contribution >= 4 is 35.8 Å². The van der Waals surface area contributed by atoms with Crippen molar-refractivity contribution in [3.8, 4) is 0 Å². The minimum atomic E-state index is -0.429. The van der Waals surface area contributed by atoms with Crippen molar-refractivity contribution in [3.63, 3.8) is 0 Å². The van der Waals surface area contributed by atoms with Crippen LogP contribution in [0.15, 0.2) is 24.3 Å². The molecule has 0 unspecified atom stereocenters. The van der Waals surface area contributed by atoms with Crippen LogP contribution in [0.1, 0.15) is 24.8 Å². The highest BCUT2D eigenvalue weighted by atomic mass is 35.5. The largest absolute Gasteiger partial charge is 0.355 e. The molecule has 0 aromatic heterocycles. The number of benzene rings is 1. The van der Waals surface area contributed by atoms with Crippen LogP contribution in [-0.2, 0) is 11.2 Å². The molecule has 130 valence electrons. The highest BCUT2D eigenvalue weighted by Crippen LogP contribution is 2.13. The molecular formula is C15H24ClN3O3S. The van der Waals surface area contributed by atoms with Crippen LogP contribution >= 0.6 is 24.2 Å². The van der Waals surface area contributed by atoms with Crippen molar-refractivity contribution < 1.29 is 9.72 Å². The summed E-state index contributed by atoms with van der Waals surface area (Å²) in [6, 6.07) is 6.15. The molecule has 8 heteroatoms. The number of thioether (sulfide) groups is 1. The summed E-state index contributed by atoms with van der Waals surface area (Å²) in [5.41, 5.74) is 6.94. The average Bonchev–Trinajstić information content (AvgIpc) is 2.52. The number of unbranched alkanes of at least 4 members (excludes halogenated alkanes) is 1. The number of carbonyl (C=O) groups is 1. The zero-order chi connectivity index (χ0) is 16.4. The van der Waals surface area contributed by atoms with Crippen LogP contribution in [0, 0.1) is 10.1 Å². The number of halogens is 1. The van der Waals surface area contributed by atoms with Crippen molar-refractivity contribution in [2.75, 3.05) is 18.6 Å². The van der Waals surface area contributed by atoms with E-state index in [1.54, 1.807) is 23.9 Å². The second kappa shape index (κ2) is 12.2. The first-order chi connectivity index (χ1) is 10.5. The summed E-state index contributed by atoms with van der Waals surface area (Å²) in [7, 11) is 0. The Hall–Kier alpha value is -1.31. The maximum atomic E-state index is 11.7. The minimum absolute atomic E-state index is 0. The number of nitro groups is 1. The summed E-state index contributed by atoms with van der Waals surface area (Å²) in [5.74, 6) is 0.791. The fourth-order valence-corrected chi connectivity index (χ4v) is 2.45. The van der Waals surface area contributed by atoms with Gasteiger partial charge in [0.15, 0.2) is 0 Å². The Kier molecular flexibility index (Phi) is 11.5. The zero-order valence-corrected chi connectivity index (χ0v) is 14.8. The minimum Gasteiger partial charge on any atom is -0.355 e. The van der Waals surface area contributed by atoms with Crippen LogP contribution in [-0.4, -0.2) is 35.4 Å². The molecule has 0 fully saturated rings. The molecule has 0 aliphatic rings. The Morgan fingerprint density at radius 2 is 2.00 bits per heavy atom. The van der Waals surface area contributed by atoms with Crippen LogP contribution in [0.2, 0.25) is 0 Å². The average molecular weight is 362 g/mol. The molecule has 0 saturated carbocycles. The number of carbonyl (C=O) groups excluding carboxylic acids is 1. The normalized spacial score (nSPS) is 11.4. The lowest BCUT2D eigenvalue weighted by Crippen LogP contribution is -2.41. The molecule has 1 amide bonds. The number of nitrogens with one attached hydrogen (secondary N) is 1. The first kappa shape index (κ1) is 21.7.